The molecule has 0 bridgehead atoms. The lowest BCUT2D eigenvalue weighted by Gasteiger charge is -2.17. The fourth-order valence-corrected chi connectivity index (χ4v) is 1.58. The van der Waals surface area contributed by atoms with Gasteiger partial charge < -0.3 is 4.90 Å². The van der Waals surface area contributed by atoms with Crippen LogP contribution in [-0.2, 0) is 6.54 Å². The maximum Gasteiger partial charge on any atom is 0.269 e. The van der Waals surface area contributed by atoms with E-state index in [-0.39, 0.29) is 5.56 Å². The average Bonchev–Trinajstić information content (AvgIpc) is 2.31. The van der Waals surface area contributed by atoms with Gasteiger partial charge in [-0.25, -0.2) is 4.68 Å². The highest BCUT2D eigenvalue weighted by molar-refractivity contribution is 7.80. The van der Waals surface area contributed by atoms with Crippen LogP contribution in [-0.4, -0.2) is 29.1 Å². The van der Waals surface area contributed by atoms with Crippen molar-refractivity contribution in [3.8, 4) is 0 Å². The van der Waals surface area contributed by atoms with Crippen LogP contribution in [0.15, 0.2) is 29.2 Å². The van der Waals surface area contributed by atoms with Crippen molar-refractivity contribution in [1.82, 2.24) is 9.78 Å². The lowest BCUT2D eigenvalue weighted by atomic mass is 10.3. The highest BCUT2D eigenvalue weighted by Crippen LogP contribution is 2.07. The van der Waals surface area contributed by atoms with Crippen LogP contribution >= 0.6 is 12.6 Å². The van der Waals surface area contributed by atoms with E-state index in [1.54, 1.807) is 12.3 Å². The third-order valence-electron chi connectivity index (χ3n) is 2.45. The molecule has 0 amide bonds. The summed E-state index contributed by atoms with van der Waals surface area (Å²) in [5, 5.41) is 4.14. The van der Waals surface area contributed by atoms with Crippen LogP contribution in [0, 0.1) is 0 Å². The first-order chi connectivity index (χ1) is 8.08. The number of anilines is 1. The molecule has 0 spiro atoms. The number of nitrogens with zero attached hydrogens (tertiary/aromatic N) is 3. The Balaban J connectivity index is 2.86. The summed E-state index contributed by atoms with van der Waals surface area (Å²) >= 11 is 4.11. The monoisotopic (exact) mass is 253 g/mol. The van der Waals surface area contributed by atoms with Crippen LogP contribution in [0.5, 0.6) is 0 Å². The Morgan fingerprint density at radius 3 is 2.88 bits per heavy atom. The zero-order valence-electron chi connectivity index (χ0n) is 10.4. The highest BCUT2D eigenvalue weighted by Gasteiger charge is 2.04. The van der Waals surface area contributed by atoms with E-state index in [0.717, 1.165) is 24.2 Å². The van der Waals surface area contributed by atoms with E-state index in [9.17, 15) is 4.79 Å². The predicted molar refractivity (Wildman–Crippen MR) is 75.1 cm³/mol. The molecule has 0 fully saturated rings. The molecule has 5 heteroatoms. The van der Waals surface area contributed by atoms with Gasteiger partial charge in [0.15, 0.2) is 0 Å². The molecular weight excluding hydrogens is 234 g/mol. The Labute approximate surface area is 107 Å². The van der Waals surface area contributed by atoms with Crippen molar-refractivity contribution >= 4 is 18.3 Å². The molecule has 0 atom stereocenters. The zero-order chi connectivity index (χ0) is 12.8. The molecule has 0 N–H and O–H groups in total. The third kappa shape index (κ3) is 3.93. The van der Waals surface area contributed by atoms with E-state index in [1.807, 2.05) is 11.9 Å². The summed E-state index contributed by atoms with van der Waals surface area (Å²) < 4.78 is 1.40. The topological polar surface area (TPSA) is 38.1 Å². The van der Waals surface area contributed by atoms with Crippen LogP contribution < -0.4 is 10.5 Å². The van der Waals surface area contributed by atoms with Crippen molar-refractivity contribution in [3.63, 3.8) is 0 Å². The van der Waals surface area contributed by atoms with Gasteiger partial charge in [0, 0.05) is 25.4 Å². The van der Waals surface area contributed by atoms with Gasteiger partial charge in [-0.3, -0.25) is 4.79 Å². The van der Waals surface area contributed by atoms with Gasteiger partial charge >= 0.3 is 0 Å². The minimum Gasteiger partial charge on any atom is -0.373 e. The molecule has 0 saturated carbocycles. The summed E-state index contributed by atoms with van der Waals surface area (Å²) in [7, 11) is 1.96. The van der Waals surface area contributed by atoms with Gasteiger partial charge in [0.2, 0.25) is 0 Å². The fraction of sp³-hybridized carbons (Fsp3) is 0.500. The summed E-state index contributed by atoms with van der Waals surface area (Å²) in [6, 6.07) is 1.61. The number of hydrogen-bond acceptors (Lipinski definition) is 4. The predicted octanol–water partition coefficient (Wildman–Crippen LogP) is 1.58. The summed E-state index contributed by atoms with van der Waals surface area (Å²) in [4.78, 5) is 13.8. The molecule has 94 valence electrons. The molecule has 1 rings (SSSR count). The standard InChI is InChI=1S/C12H19N3OS/c1-4-5-14(3)11-6-12(16)15(13-7-11)8-10(2)9-17/h6-7,17H,2,4-5,8-9H2,1,3H3. The summed E-state index contributed by atoms with van der Waals surface area (Å²) in [6.07, 6.45) is 2.75. The SMILES string of the molecule is C=C(CS)Cn1ncc(N(C)CCC)cc1=O. The first-order valence-corrected chi connectivity index (χ1v) is 6.27. The van der Waals surface area contributed by atoms with Crippen LogP contribution in [0.3, 0.4) is 0 Å². The van der Waals surface area contributed by atoms with Crippen molar-refractivity contribution in [2.24, 2.45) is 0 Å². The molecule has 1 aromatic heterocycles. The van der Waals surface area contributed by atoms with Gasteiger partial charge in [0.1, 0.15) is 0 Å². The van der Waals surface area contributed by atoms with E-state index in [1.165, 1.54) is 4.68 Å². The second kappa shape index (κ2) is 6.49. The van der Waals surface area contributed by atoms with Gasteiger partial charge in [-0.15, -0.1) is 0 Å². The van der Waals surface area contributed by atoms with Crippen molar-refractivity contribution in [2.45, 2.75) is 19.9 Å². The third-order valence-corrected chi connectivity index (χ3v) is 2.90. The molecule has 1 heterocycles. The number of aromatic nitrogens is 2. The van der Waals surface area contributed by atoms with Crippen molar-refractivity contribution < 1.29 is 0 Å². The molecule has 4 nitrogen and oxygen atoms in total. The molecule has 0 aliphatic carbocycles. The van der Waals surface area contributed by atoms with Crippen molar-refractivity contribution in [1.29, 1.82) is 0 Å². The van der Waals surface area contributed by atoms with Gasteiger partial charge in [-0.05, 0) is 12.0 Å². The highest BCUT2D eigenvalue weighted by atomic mass is 32.1. The maximum absolute atomic E-state index is 11.8. The van der Waals surface area contributed by atoms with E-state index < -0.39 is 0 Å². The molecule has 0 unspecified atom stereocenters. The first kappa shape index (κ1) is 13.8. The second-order valence-electron chi connectivity index (χ2n) is 4.04. The molecule has 1 aromatic rings. The van der Waals surface area contributed by atoms with E-state index >= 15 is 0 Å². The molecule has 0 radical (unpaired) electrons. The van der Waals surface area contributed by atoms with Crippen LogP contribution in [0.1, 0.15) is 13.3 Å². The van der Waals surface area contributed by atoms with E-state index in [4.69, 9.17) is 0 Å². The van der Waals surface area contributed by atoms with E-state index in [0.29, 0.717) is 12.3 Å². The summed E-state index contributed by atoms with van der Waals surface area (Å²) in [5.74, 6) is 0.561. The number of thiol groups is 1. The maximum atomic E-state index is 11.8. The second-order valence-corrected chi connectivity index (χ2v) is 4.36. The number of rotatable bonds is 6. The molecular formula is C12H19N3OS. The first-order valence-electron chi connectivity index (χ1n) is 5.64. The lowest BCUT2D eigenvalue weighted by molar-refractivity contribution is 0.631. The molecule has 0 aromatic carbocycles. The van der Waals surface area contributed by atoms with Crippen molar-refractivity contribution in [3.05, 3.63) is 34.8 Å². The Bertz CT molecular complexity index is 442. The van der Waals surface area contributed by atoms with Gasteiger partial charge in [-0.2, -0.15) is 17.7 Å². The Morgan fingerprint density at radius 2 is 2.35 bits per heavy atom. The summed E-state index contributed by atoms with van der Waals surface area (Å²) in [5.41, 5.74) is 1.62. The van der Waals surface area contributed by atoms with Crippen LogP contribution in [0.25, 0.3) is 0 Å². The minimum absolute atomic E-state index is 0.103. The minimum atomic E-state index is -0.103. The molecule has 0 aliphatic rings. The van der Waals surface area contributed by atoms with Crippen LogP contribution in [0.4, 0.5) is 5.69 Å². The normalized spacial score (nSPS) is 10.3. The fourth-order valence-electron chi connectivity index (χ4n) is 1.48. The summed E-state index contributed by atoms with van der Waals surface area (Å²) in [6.45, 7) is 7.25. The molecule has 17 heavy (non-hydrogen) atoms. The zero-order valence-corrected chi connectivity index (χ0v) is 11.3. The Morgan fingerprint density at radius 1 is 1.65 bits per heavy atom. The van der Waals surface area contributed by atoms with Gasteiger partial charge in [0.05, 0.1) is 18.4 Å². The quantitative estimate of drug-likeness (QED) is 0.618. The Kier molecular flexibility index (Phi) is 5.28. The van der Waals surface area contributed by atoms with Gasteiger partial charge in [0.25, 0.3) is 5.56 Å². The average molecular weight is 253 g/mol. The van der Waals surface area contributed by atoms with E-state index in [2.05, 4.69) is 31.2 Å². The smallest absolute Gasteiger partial charge is 0.269 e. The largest absolute Gasteiger partial charge is 0.373 e. The molecule has 0 aliphatic heterocycles. The number of hydrogen-bond donors (Lipinski definition) is 1. The van der Waals surface area contributed by atoms with Crippen LogP contribution in [0.2, 0.25) is 0 Å². The van der Waals surface area contributed by atoms with Gasteiger partial charge in [-0.1, -0.05) is 13.5 Å². The lowest BCUT2D eigenvalue weighted by Crippen LogP contribution is -2.26. The van der Waals surface area contributed by atoms with Crippen molar-refractivity contribution in [2.75, 3.05) is 24.2 Å². The Hall–Kier alpha value is -1.23. The molecule has 0 saturated heterocycles.